The van der Waals surface area contributed by atoms with E-state index in [0.717, 1.165) is 37.0 Å². The average molecular weight is 387 g/mol. The highest BCUT2D eigenvalue weighted by atomic mass is 16.3. The van der Waals surface area contributed by atoms with Crippen molar-refractivity contribution in [2.45, 2.75) is 83.8 Å². The van der Waals surface area contributed by atoms with Crippen LogP contribution in [0.3, 0.4) is 0 Å². The molecule has 0 saturated heterocycles. The monoisotopic (exact) mass is 386 g/mol. The van der Waals surface area contributed by atoms with E-state index in [1.54, 1.807) is 0 Å². The van der Waals surface area contributed by atoms with Crippen molar-refractivity contribution in [1.29, 1.82) is 0 Å². The molecule has 6 nitrogen and oxygen atoms in total. The van der Waals surface area contributed by atoms with Crippen LogP contribution in [0.25, 0.3) is 0 Å². The van der Waals surface area contributed by atoms with Crippen LogP contribution in [0.2, 0.25) is 0 Å². The lowest BCUT2D eigenvalue weighted by atomic mass is 9.49. The summed E-state index contributed by atoms with van der Waals surface area (Å²) in [4.78, 5) is 14.5. The average Bonchev–Trinajstić information content (AvgIpc) is 3.27. The number of hydrogen-bond acceptors (Lipinski definition) is 5. The van der Waals surface area contributed by atoms with Gasteiger partial charge in [-0.3, -0.25) is 4.79 Å². The Morgan fingerprint density at radius 2 is 1.89 bits per heavy atom. The van der Waals surface area contributed by atoms with Crippen molar-refractivity contribution in [3.8, 4) is 0 Å². The van der Waals surface area contributed by atoms with Crippen molar-refractivity contribution in [3.05, 3.63) is 6.33 Å². The fraction of sp³-hybridized carbons (Fsp3) is 0.909. The molecule has 4 aliphatic carbocycles. The van der Waals surface area contributed by atoms with Crippen LogP contribution in [0.1, 0.15) is 71.6 Å². The van der Waals surface area contributed by atoms with E-state index in [-0.39, 0.29) is 17.9 Å². The van der Waals surface area contributed by atoms with Crippen molar-refractivity contribution < 1.29 is 9.90 Å². The Hall–Kier alpha value is -1.30. The molecule has 5 rings (SSSR count). The van der Waals surface area contributed by atoms with Crippen molar-refractivity contribution in [2.24, 2.45) is 40.9 Å². The summed E-state index contributed by atoms with van der Waals surface area (Å²) in [5, 5.41) is 22.2. The van der Waals surface area contributed by atoms with E-state index in [1.807, 2.05) is 6.92 Å². The summed E-state index contributed by atoms with van der Waals surface area (Å²) in [5.41, 5.74) is -0.302. The Balaban J connectivity index is 1.32. The van der Waals surface area contributed by atoms with E-state index in [9.17, 15) is 9.90 Å². The molecule has 6 heteroatoms. The number of aromatic nitrogens is 4. The van der Waals surface area contributed by atoms with Crippen LogP contribution < -0.4 is 0 Å². The lowest BCUT2D eigenvalue weighted by Crippen LogP contribution is -2.51. The van der Waals surface area contributed by atoms with Crippen LogP contribution in [0.15, 0.2) is 6.33 Å². The molecule has 8 atom stereocenters. The minimum absolute atomic E-state index is 0.145. The third-order valence-corrected chi connectivity index (χ3v) is 9.31. The number of rotatable bonds is 3. The van der Waals surface area contributed by atoms with Crippen molar-refractivity contribution in [1.82, 2.24) is 20.2 Å². The van der Waals surface area contributed by atoms with E-state index in [0.29, 0.717) is 17.6 Å². The Kier molecular flexibility index (Phi) is 4.42. The summed E-state index contributed by atoms with van der Waals surface area (Å²) in [6.07, 6.45) is 11.8. The number of ketones is 1. The first kappa shape index (κ1) is 18.7. The number of fused-ring (bicyclic) bond motifs is 5. The normalized spacial score (nSPS) is 47.8. The fourth-order valence-electron chi connectivity index (χ4n) is 8.12. The first-order chi connectivity index (χ1) is 13.4. The van der Waals surface area contributed by atoms with Gasteiger partial charge in [0.1, 0.15) is 6.54 Å². The predicted octanol–water partition coefficient (Wildman–Crippen LogP) is 3.26. The highest BCUT2D eigenvalue weighted by Gasteiger charge is 2.58. The van der Waals surface area contributed by atoms with Crippen LogP contribution >= 0.6 is 0 Å². The number of tetrazole rings is 1. The Bertz CT molecular complexity index is 733. The van der Waals surface area contributed by atoms with Crippen LogP contribution in [0.5, 0.6) is 0 Å². The first-order valence-corrected chi connectivity index (χ1v) is 11.3. The molecule has 1 N–H and O–H groups in total. The molecule has 0 bridgehead atoms. The summed E-state index contributed by atoms with van der Waals surface area (Å²) < 4.78 is 0. The molecule has 1 heterocycles. The van der Waals surface area contributed by atoms with E-state index >= 15 is 0 Å². The van der Waals surface area contributed by atoms with Gasteiger partial charge in [-0.25, -0.2) is 0 Å². The van der Waals surface area contributed by atoms with Gasteiger partial charge in [-0.15, -0.1) is 10.2 Å². The molecular formula is C22H34N4O2. The summed E-state index contributed by atoms with van der Waals surface area (Å²) in [6.45, 7) is 4.70. The summed E-state index contributed by atoms with van der Waals surface area (Å²) in [5.74, 6) is 4.25. The highest BCUT2D eigenvalue weighted by Crippen LogP contribution is 2.64. The summed E-state index contributed by atoms with van der Waals surface area (Å²) in [6, 6.07) is 0. The lowest BCUT2D eigenvalue weighted by Gasteiger charge is -2.56. The number of hydrogen-bond donors (Lipinski definition) is 1. The first-order valence-electron chi connectivity index (χ1n) is 11.3. The number of aliphatic hydroxyl groups is 1. The van der Waals surface area contributed by atoms with Crippen molar-refractivity contribution >= 4 is 5.78 Å². The molecule has 0 amide bonds. The maximum Gasteiger partial charge on any atom is 0.162 e. The second-order valence-corrected chi connectivity index (χ2v) is 10.8. The van der Waals surface area contributed by atoms with Gasteiger partial charge in [-0.05, 0) is 105 Å². The minimum Gasteiger partial charge on any atom is -0.390 e. The molecule has 1 aromatic heterocycles. The number of nitrogens with zero attached hydrogens (tertiary/aromatic N) is 4. The van der Waals surface area contributed by atoms with Gasteiger partial charge in [0.15, 0.2) is 12.1 Å². The van der Waals surface area contributed by atoms with Crippen LogP contribution in [-0.4, -0.2) is 36.7 Å². The van der Waals surface area contributed by atoms with E-state index in [2.05, 4.69) is 22.3 Å². The third kappa shape index (κ3) is 2.94. The second-order valence-electron chi connectivity index (χ2n) is 10.8. The highest BCUT2D eigenvalue weighted by molar-refractivity contribution is 5.81. The molecule has 154 valence electrons. The maximum atomic E-state index is 13.1. The lowest BCUT2D eigenvalue weighted by molar-refractivity contribution is -0.133. The zero-order valence-electron chi connectivity index (χ0n) is 17.3. The van der Waals surface area contributed by atoms with E-state index < -0.39 is 5.60 Å². The third-order valence-electron chi connectivity index (χ3n) is 9.31. The van der Waals surface area contributed by atoms with Gasteiger partial charge in [0.05, 0.1) is 5.60 Å². The number of Topliss-reactive ketones (excluding diaryl/α,β-unsaturated/α-hetero) is 1. The molecule has 0 spiro atoms. The molecule has 1 aromatic rings. The second kappa shape index (κ2) is 6.61. The van der Waals surface area contributed by atoms with Gasteiger partial charge < -0.3 is 5.11 Å². The van der Waals surface area contributed by atoms with Crippen molar-refractivity contribution in [3.63, 3.8) is 0 Å². The molecular weight excluding hydrogens is 352 g/mol. The molecule has 0 unspecified atom stereocenters. The summed E-state index contributed by atoms with van der Waals surface area (Å²) in [7, 11) is 0. The molecule has 4 fully saturated rings. The largest absolute Gasteiger partial charge is 0.390 e. The molecule has 0 aromatic carbocycles. The summed E-state index contributed by atoms with van der Waals surface area (Å²) >= 11 is 0. The van der Waals surface area contributed by atoms with Crippen LogP contribution in [0, 0.1) is 40.9 Å². The molecule has 0 radical (unpaired) electrons. The molecule has 4 aliphatic rings. The van der Waals surface area contributed by atoms with Gasteiger partial charge >= 0.3 is 0 Å². The Morgan fingerprint density at radius 3 is 2.68 bits per heavy atom. The SMILES string of the molecule is C[C@@]1(O)CC[C@H]2[C@H](CC[C@@H]3[C@@H]2CC[C@]2(C)[C@@H](C(=O)Cn4ncnn4)CC[C@@H]32)C1. The van der Waals surface area contributed by atoms with Crippen molar-refractivity contribution in [2.75, 3.05) is 0 Å². The van der Waals surface area contributed by atoms with Gasteiger partial charge in [0.25, 0.3) is 0 Å². The van der Waals surface area contributed by atoms with E-state index in [4.69, 9.17) is 0 Å². The minimum atomic E-state index is -0.447. The van der Waals surface area contributed by atoms with Gasteiger partial charge in [-0.2, -0.15) is 4.80 Å². The standard InChI is InChI=1S/C22H34N4O2/c1-21(28)9-7-15-14(11-21)3-4-17-16(15)8-10-22(2)18(17)5-6-19(22)20(27)12-26-24-13-23-25-26/h13-19,28H,3-12H2,1-2H3/t14-,15+,16-,17-,18+,19-,21-,22+/m1/s1. The smallest absolute Gasteiger partial charge is 0.162 e. The van der Waals surface area contributed by atoms with E-state index in [1.165, 1.54) is 49.6 Å². The zero-order valence-corrected chi connectivity index (χ0v) is 17.3. The fourth-order valence-corrected chi connectivity index (χ4v) is 8.12. The Labute approximate surface area is 167 Å². The predicted molar refractivity (Wildman–Crippen MR) is 104 cm³/mol. The molecule has 4 saturated carbocycles. The number of carbonyl (C=O) groups is 1. The van der Waals surface area contributed by atoms with Gasteiger partial charge in [0.2, 0.25) is 0 Å². The van der Waals surface area contributed by atoms with Gasteiger partial charge in [0, 0.05) is 5.92 Å². The maximum absolute atomic E-state index is 13.1. The molecule has 0 aliphatic heterocycles. The van der Waals surface area contributed by atoms with Gasteiger partial charge in [-0.1, -0.05) is 6.92 Å². The zero-order chi connectivity index (χ0) is 19.5. The number of carbonyl (C=O) groups excluding carboxylic acids is 1. The molecule has 28 heavy (non-hydrogen) atoms. The van der Waals surface area contributed by atoms with Crippen LogP contribution in [0.4, 0.5) is 0 Å². The topological polar surface area (TPSA) is 80.9 Å². The van der Waals surface area contributed by atoms with Crippen LogP contribution in [-0.2, 0) is 11.3 Å². The quantitative estimate of drug-likeness (QED) is 0.862. The Morgan fingerprint density at radius 1 is 1.07 bits per heavy atom.